The number of nitrogens with one attached hydrogen (secondary N) is 1. The van der Waals surface area contributed by atoms with Crippen LogP contribution in [0.5, 0.6) is 5.75 Å². The van der Waals surface area contributed by atoms with E-state index in [0.717, 1.165) is 5.75 Å². The molecule has 0 fully saturated rings. The van der Waals surface area contributed by atoms with Gasteiger partial charge in [-0.15, -0.1) is 0 Å². The van der Waals surface area contributed by atoms with Gasteiger partial charge in [0.15, 0.2) is 0 Å². The first-order valence-electron chi connectivity index (χ1n) is 3.81. The lowest BCUT2D eigenvalue weighted by atomic mass is 10.2. The highest BCUT2D eigenvalue weighted by molar-refractivity contribution is 5.95. The molecule has 0 atom stereocenters. The lowest BCUT2D eigenvalue weighted by Crippen LogP contribution is -2.10. The van der Waals surface area contributed by atoms with Crippen molar-refractivity contribution in [3.8, 4) is 5.75 Å². The van der Waals surface area contributed by atoms with Crippen molar-refractivity contribution in [2.75, 3.05) is 6.61 Å². The van der Waals surface area contributed by atoms with Gasteiger partial charge >= 0.3 is 0 Å². The molecule has 0 aliphatic heterocycles. The number of amidine groups is 1. The van der Waals surface area contributed by atoms with Gasteiger partial charge in [0.2, 0.25) is 0 Å². The van der Waals surface area contributed by atoms with E-state index in [2.05, 4.69) is 0 Å². The maximum atomic E-state index is 7.19. The SMILES string of the molecule is CCOc1cccc(C(=N)N)c1. The molecule has 0 saturated heterocycles. The molecule has 3 nitrogen and oxygen atoms in total. The molecule has 0 aliphatic rings. The van der Waals surface area contributed by atoms with Gasteiger partial charge in [-0.2, -0.15) is 0 Å². The minimum absolute atomic E-state index is 0.0663. The molecule has 0 spiro atoms. The number of nitrogen functional groups attached to an aromatic ring is 1. The van der Waals surface area contributed by atoms with Crippen LogP contribution >= 0.6 is 0 Å². The molecule has 3 heteroatoms. The van der Waals surface area contributed by atoms with Crippen molar-refractivity contribution in [1.82, 2.24) is 0 Å². The van der Waals surface area contributed by atoms with Crippen LogP contribution in [0.1, 0.15) is 12.5 Å². The molecule has 1 aromatic carbocycles. The maximum Gasteiger partial charge on any atom is 0.122 e. The normalized spacial score (nSPS) is 9.42. The van der Waals surface area contributed by atoms with E-state index in [1.807, 2.05) is 19.1 Å². The summed E-state index contributed by atoms with van der Waals surface area (Å²) >= 11 is 0. The van der Waals surface area contributed by atoms with E-state index >= 15 is 0 Å². The van der Waals surface area contributed by atoms with Crippen molar-refractivity contribution in [1.29, 1.82) is 5.41 Å². The Bertz CT molecular complexity index is 284. The highest BCUT2D eigenvalue weighted by Gasteiger charge is 1.97. The first kappa shape index (κ1) is 8.59. The summed E-state index contributed by atoms with van der Waals surface area (Å²) in [5.41, 5.74) is 6.00. The number of ether oxygens (including phenoxy) is 1. The smallest absolute Gasteiger partial charge is 0.122 e. The predicted molar refractivity (Wildman–Crippen MR) is 48.6 cm³/mol. The Balaban J connectivity index is 2.88. The summed E-state index contributed by atoms with van der Waals surface area (Å²) < 4.78 is 5.24. The zero-order chi connectivity index (χ0) is 8.97. The Morgan fingerprint density at radius 3 is 2.92 bits per heavy atom. The third-order valence-electron chi connectivity index (χ3n) is 1.46. The van der Waals surface area contributed by atoms with E-state index < -0.39 is 0 Å². The molecule has 0 amide bonds. The molecule has 0 aromatic heterocycles. The molecule has 12 heavy (non-hydrogen) atoms. The van der Waals surface area contributed by atoms with Crippen LogP contribution in [0.2, 0.25) is 0 Å². The highest BCUT2D eigenvalue weighted by atomic mass is 16.5. The third-order valence-corrected chi connectivity index (χ3v) is 1.46. The molecule has 0 radical (unpaired) electrons. The average molecular weight is 164 g/mol. The molecular weight excluding hydrogens is 152 g/mol. The first-order chi connectivity index (χ1) is 5.74. The summed E-state index contributed by atoms with van der Waals surface area (Å²) in [6, 6.07) is 7.20. The maximum absolute atomic E-state index is 7.19. The summed E-state index contributed by atoms with van der Waals surface area (Å²) in [6.45, 7) is 2.54. The lowest BCUT2D eigenvalue weighted by molar-refractivity contribution is 0.340. The number of hydrogen-bond donors (Lipinski definition) is 2. The van der Waals surface area contributed by atoms with Crippen molar-refractivity contribution in [3.05, 3.63) is 29.8 Å². The lowest BCUT2D eigenvalue weighted by Gasteiger charge is -2.03. The van der Waals surface area contributed by atoms with Gasteiger partial charge < -0.3 is 10.5 Å². The summed E-state index contributed by atoms with van der Waals surface area (Å²) in [4.78, 5) is 0. The molecule has 3 N–H and O–H groups in total. The molecule has 1 aromatic rings. The van der Waals surface area contributed by atoms with E-state index in [-0.39, 0.29) is 5.84 Å². The zero-order valence-corrected chi connectivity index (χ0v) is 7.00. The van der Waals surface area contributed by atoms with E-state index in [1.54, 1.807) is 12.1 Å². The van der Waals surface area contributed by atoms with Gasteiger partial charge in [0.25, 0.3) is 0 Å². The number of benzene rings is 1. The second-order valence-corrected chi connectivity index (χ2v) is 2.37. The van der Waals surface area contributed by atoms with Crippen LogP contribution < -0.4 is 10.5 Å². The Hall–Kier alpha value is -1.51. The van der Waals surface area contributed by atoms with Crippen molar-refractivity contribution in [2.24, 2.45) is 5.73 Å². The predicted octanol–water partition coefficient (Wildman–Crippen LogP) is 1.37. The summed E-state index contributed by atoms with van der Waals surface area (Å²) in [7, 11) is 0. The standard InChI is InChI=1S/C9H12N2O/c1-2-12-8-5-3-4-7(6-8)9(10)11/h3-6H,2H2,1H3,(H3,10,11). The van der Waals surface area contributed by atoms with Crippen LogP contribution in [0.15, 0.2) is 24.3 Å². The Labute approximate surface area is 71.7 Å². The quantitative estimate of drug-likeness (QED) is 0.523. The Kier molecular flexibility index (Phi) is 2.69. The van der Waals surface area contributed by atoms with Gasteiger partial charge in [0, 0.05) is 5.56 Å². The van der Waals surface area contributed by atoms with Crippen LogP contribution in [-0.4, -0.2) is 12.4 Å². The molecule has 0 unspecified atom stereocenters. The van der Waals surface area contributed by atoms with E-state index in [4.69, 9.17) is 15.9 Å². The van der Waals surface area contributed by atoms with Gasteiger partial charge in [-0.05, 0) is 19.1 Å². The topological polar surface area (TPSA) is 59.1 Å². The zero-order valence-electron chi connectivity index (χ0n) is 7.00. The summed E-state index contributed by atoms with van der Waals surface area (Å²) in [5.74, 6) is 0.821. The van der Waals surface area contributed by atoms with Gasteiger partial charge in [0.1, 0.15) is 11.6 Å². The van der Waals surface area contributed by atoms with E-state index in [0.29, 0.717) is 12.2 Å². The second-order valence-electron chi connectivity index (χ2n) is 2.37. The van der Waals surface area contributed by atoms with Gasteiger partial charge in [-0.1, -0.05) is 12.1 Å². The minimum Gasteiger partial charge on any atom is -0.494 e. The average Bonchev–Trinajstić information content (AvgIpc) is 2.05. The molecule has 0 heterocycles. The molecule has 0 bridgehead atoms. The van der Waals surface area contributed by atoms with Crippen LogP contribution in [-0.2, 0) is 0 Å². The Morgan fingerprint density at radius 2 is 2.33 bits per heavy atom. The molecule has 0 saturated carbocycles. The van der Waals surface area contributed by atoms with Crippen molar-refractivity contribution < 1.29 is 4.74 Å². The van der Waals surface area contributed by atoms with Gasteiger partial charge in [-0.3, -0.25) is 5.41 Å². The van der Waals surface area contributed by atoms with Gasteiger partial charge in [-0.25, -0.2) is 0 Å². The molecular formula is C9H12N2O. The molecule has 1 rings (SSSR count). The second kappa shape index (κ2) is 3.76. The third kappa shape index (κ3) is 1.99. The van der Waals surface area contributed by atoms with Crippen LogP contribution in [0.4, 0.5) is 0 Å². The van der Waals surface area contributed by atoms with Crippen molar-refractivity contribution in [3.63, 3.8) is 0 Å². The summed E-state index contributed by atoms with van der Waals surface area (Å²) in [6.07, 6.45) is 0. The van der Waals surface area contributed by atoms with Crippen LogP contribution in [0, 0.1) is 5.41 Å². The van der Waals surface area contributed by atoms with Gasteiger partial charge in [0.05, 0.1) is 6.61 Å². The Morgan fingerprint density at radius 1 is 1.58 bits per heavy atom. The van der Waals surface area contributed by atoms with Crippen LogP contribution in [0.3, 0.4) is 0 Å². The van der Waals surface area contributed by atoms with Crippen LogP contribution in [0.25, 0.3) is 0 Å². The van der Waals surface area contributed by atoms with E-state index in [1.165, 1.54) is 0 Å². The van der Waals surface area contributed by atoms with E-state index in [9.17, 15) is 0 Å². The molecule has 64 valence electrons. The summed E-state index contributed by atoms with van der Waals surface area (Å²) in [5, 5.41) is 7.19. The first-order valence-corrected chi connectivity index (χ1v) is 3.81. The number of rotatable bonds is 3. The molecule has 0 aliphatic carbocycles. The van der Waals surface area contributed by atoms with Crippen molar-refractivity contribution >= 4 is 5.84 Å². The largest absolute Gasteiger partial charge is 0.494 e. The minimum atomic E-state index is 0.0663. The monoisotopic (exact) mass is 164 g/mol. The highest BCUT2D eigenvalue weighted by Crippen LogP contribution is 2.12. The number of nitrogens with two attached hydrogens (primary N) is 1. The fraction of sp³-hybridized carbons (Fsp3) is 0.222. The fourth-order valence-electron chi connectivity index (χ4n) is 0.920. The van der Waals surface area contributed by atoms with Crippen molar-refractivity contribution in [2.45, 2.75) is 6.92 Å². The fourth-order valence-corrected chi connectivity index (χ4v) is 0.920. The number of hydrogen-bond acceptors (Lipinski definition) is 2.